The maximum Gasteiger partial charge on any atom is 0.244 e. The Morgan fingerprint density at radius 2 is 1.81 bits per heavy atom. The van der Waals surface area contributed by atoms with Crippen molar-refractivity contribution in [3.8, 4) is 5.75 Å². The summed E-state index contributed by atoms with van der Waals surface area (Å²) >= 11 is 6.36. The Balaban J connectivity index is 1.89. The van der Waals surface area contributed by atoms with Gasteiger partial charge in [-0.1, -0.05) is 55.1 Å². The van der Waals surface area contributed by atoms with E-state index in [0.717, 1.165) is 42.7 Å². The third kappa shape index (κ3) is 7.36. The van der Waals surface area contributed by atoms with E-state index in [4.69, 9.17) is 16.3 Å². The number of rotatable bonds is 10. The Hall–Kier alpha value is -2.78. The third-order valence-electron chi connectivity index (χ3n) is 6.44. The van der Waals surface area contributed by atoms with Gasteiger partial charge in [0.15, 0.2) is 0 Å². The lowest BCUT2D eigenvalue weighted by Crippen LogP contribution is -2.53. The number of methoxy groups -OCH3 is 1. The van der Waals surface area contributed by atoms with Gasteiger partial charge in [0.2, 0.25) is 21.8 Å². The molecule has 0 bridgehead atoms. The summed E-state index contributed by atoms with van der Waals surface area (Å²) in [5.74, 6) is -0.328. The molecule has 1 saturated carbocycles. The van der Waals surface area contributed by atoms with Crippen molar-refractivity contribution in [2.45, 2.75) is 57.7 Å². The van der Waals surface area contributed by atoms with Crippen LogP contribution in [0.5, 0.6) is 5.75 Å². The van der Waals surface area contributed by atoms with Gasteiger partial charge in [0.05, 0.1) is 19.1 Å². The van der Waals surface area contributed by atoms with Crippen LogP contribution in [0.3, 0.4) is 0 Å². The lowest BCUT2D eigenvalue weighted by atomic mass is 9.95. The molecule has 1 aliphatic rings. The molecule has 0 spiro atoms. The predicted octanol–water partition coefficient (Wildman–Crippen LogP) is 3.98. The quantitative estimate of drug-likeness (QED) is 0.496. The van der Waals surface area contributed by atoms with E-state index in [1.807, 2.05) is 0 Å². The van der Waals surface area contributed by atoms with E-state index in [1.165, 1.54) is 12.0 Å². The molecule has 0 unspecified atom stereocenters. The van der Waals surface area contributed by atoms with Gasteiger partial charge in [-0.15, -0.1) is 0 Å². The fourth-order valence-electron chi connectivity index (χ4n) is 4.34. The second-order valence-corrected chi connectivity index (χ2v) is 11.4. The van der Waals surface area contributed by atoms with Crippen molar-refractivity contribution in [1.29, 1.82) is 0 Å². The highest BCUT2D eigenvalue weighted by molar-refractivity contribution is 7.92. The highest BCUT2D eigenvalue weighted by Gasteiger charge is 2.31. The molecular weight excluding hydrogens is 502 g/mol. The molecule has 3 rings (SSSR count). The van der Waals surface area contributed by atoms with Crippen molar-refractivity contribution in [2.75, 3.05) is 24.2 Å². The number of halogens is 1. The molecule has 1 N–H and O–H groups in total. The first-order chi connectivity index (χ1) is 17.1. The van der Waals surface area contributed by atoms with Crippen LogP contribution < -0.4 is 14.4 Å². The number of benzene rings is 2. The molecule has 8 nitrogen and oxygen atoms in total. The molecule has 2 aromatic rings. The molecule has 2 amide bonds. The summed E-state index contributed by atoms with van der Waals surface area (Å²) in [6.07, 6.45) is 6.14. The number of anilines is 1. The van der Waals surface area contributed by atoms with E-state index in [-0.39, 0.29) is 18.5 Å². The van der Waals surface area contributed by atoms with Gasteiger partial charge in [-0.25, -0.2) is 8.42 Å². The van der Waals surface area contributed by atoms with Crippen LogP contribution in [0.1, 0.15) is 44.6 Å². The molecule has 10 heteroatoms. The molecule has 0 saturated heterocycles. The number of carbonyl (C=O) groups excluding carboxylic acids is 2. The van der Waals surface area contributed by atoms with Gasteiger partial charge in [-0.3, -0.25) is 13.9 Å². The first kappa shape index (κ1) is 27.8. The number of nitrogens with zero attached hydrogens (tertiary/aromatic N) is 2. The van der Waals surface area contributed by atoms with Crippen molar-refractivity contribution in [2.24, 2.45) is 0 Å². The van der Waals surface area contributed by atoms with Gasteiger partial charge in [0.25, 0.3) is 0 Å². The summed E-state index contributed by atoms with van der Waals surface area (Å²) in [6.45, 7) is 1.24. The maximum atomic E-state index is 13.6. The van der Waals surface area contributed by atoms with Crippen LogP contribution in [0.15, 0.2) is 48.5 Å². The fourth-order valence-corrected chi connectivity index (χ4v) is 5.38. The van der Waals surface area contributed by atoms with Crippen molar-refractivity contribution in [1.82, 2.24) is 10.2 Å². The Bertz CT molecular complexity index is 1170. The van der Waals surface area contributed by atoms with E-state index >= 15 is 0 Å². The minimum absolute atomic E-state index is 0.0630. The minimum Gasteiger partial charge on any atom is -0.497 e. The Labute approximate surface area is 218 Å². The van der Waals surface area contributed by atoms with Crippen LogP contribution in [-0.4, -0.2) is 57.1 Å². The van der Waals surface area contributed by atoms with E-state index in [1.54, 1.807) is 55.5 Å². The summed E-state index contributed by atoms with van der Waals surface area (Å²) in [4.78, 5) is 28.2. The largest absolute Gasteiger partial charge is 0.497 e. The van der Waals surface area contributed by atoms with Crippen molar-refractivity contribution < 1.29 is 22.7 Å². The average Bonchev–Trinajstić information content (AvgIpc) is 2.86. The number of sulfonamides is 1. The molecule has 36 heavy (non-hydrogen) atoms. The fraction of sp³-hybridized carbons (Fsp3) is 0.462. The second kappa shape index (κ2) is 12.5. The summed E-state index contributed by atoms with van der Waals surface area (Å²) in [5, 5.41) is 3.53. The van der Waals surface area contributed by atoms with E-state index in [2.05, 4.69) is 5.32 Å². The normalized spacial score (nSPS) is 15.1. The van der Waals surface area contributed by atoms with Gasteiger partial charge in [0.1, 0.15) is 18.3 Å². The highest BCUT2D eigenvalue weighted by Crippen LogP contribution is 2.25. The van der Waals surface area contributed by atoms with E-state index in [9.17, 15) is 18.0 Å². The SMILES string of the molecule is COc1cccc(N(CC(=O)N(Cc2ccccc2Cl)[C@@H](C)C(=O)NC2CCCCC2)S(C)(=O)=O)c1. The van der Waals surface area contributed by atoms with Crippen LogP contribution in [0.25, 0.3) is 0 Å². The number of amides is 2. The standard InChI is InChI=1S/C26H34ClN3O5S/c1-19(26(32)28-21-11-5-4-6-12-21)29(17-20-10-7-8-15-24(20)27)25(31)18-30(36(3,33)34)22-13-9-14-23(16-22)35-2/h7-10,13-16,19,21H,4-6,11-12,17-18H2,1-3H3,(H,28,32)/t19-/m0/s1. The van der Waals surface area contributed by atoms with Crippen LogP contribution in [0.2, 0.25) is 5.02 Å². The van der Waals surface area contributed by atoms with Crippen LogP contribution in [0, 0.1) is 0 Å². The zero-order valence-electron chi connectivity index (χ0n) is 20.9. The molecule has 1 fully saturated rings. The average molecular weight is 536 g/mol. The molecule has 0 aliphatic heterocycles. The smallest absolute Gasteiger partial charge is 0.244 e. The lowest BCUT2D eigenvalue weighted by molar-refractivity contribution is -0.139. The molecule has 1 aliphatic carbocycles. The van der Waals surface area contributed by atoms with Crippen LogP contribution in [0.4, 0.5) is 5.69 Å². The molecule has 2 aromatic carbocycles. The maximum absolute atomic E-state index is 13.6. The first-order valence-corrected chi connectivity index (χ1v) is 14.3. The summed E-state index contributed by atoms with van der Waals surface area (Å²) in [6, 6.07) is 12.8. The zero-order chi connectivity index (χ0) is 26.3. The molecular formula is C26H34ClN3O5S. The van der Waals surface area contributed by atoms with Crippen molar-refractivity contribution >= 4 is 39.1 Å². The van der Waals surface area contributed by atoms with Gasteiger partial charge < -0.3 is 15.0 Å². The van der Waals surface area contributed by atoms with Gasteiger partial charge >= 0.3 is 0 Å². The molecule has 1 atom stereocenters. The van der Waals surface area contributed by atoms with Gasteiger partial charge in [0, 0.05) is 23.7 Å². The van der Waals surface area contributed by atoms with Gasteiger partial charge in [-0.05, 0) is 43.5 Å². The lowest BCUT2D eigenvalue weighted by Gasteiger charge is -2.33. The Kier molecular flexibility index (Phi) is 9.62. The second-order valence-electron chi connectivity index (χ2n) is 9.10. The Morgan fingerprint density at radius 3 is 2.44 bits per heavy atom. The summed E-state index contributed by atoms with van der Waals surface area (Å²) < 4.78 is 31.6. The van der Waals surface area contributed by atoms with E-state index < -0.39 is 28.5 Å². The number of nitrogens with one attached hydrogen (secondary N) is 1. The zero-order valence-corrected chi connectivity index (χ0v) is 22.5. The Morgan fingerprint density at radius 1 is 1.11 bits per heavy atom. The molecule has 0 heterocycles. The highest BCUT2D eigenvalue weighted by atomic mass is 35.5. The van der Waals surface area contributed by atoms with Crippen molar-refractivity contribution in [3.63, 3.8) is 0 Å². The summed E-state index contributed by atoms with van der Waals surface area (Å²) in [5.41, 5.74) is 0.958. The minimum atomic E-state index is -3.82. The van der Waals surface area contributed by atoms with Crippen LogP contribution >= 0.6 is 11.6 Å². The first-order valence-electron chi connectivity index (χ1n) is 12.0. The molecule has 0 aromatic heterocycles. The number of hydrogen-bond acceptors (Lipinski definition) is 5. The number of carbonyl (C=O) groups is 2. The number of hydrogen-bond donors (Lipinski definition) is 1. The van der Waals surface area contributed by atoms with Crippen LogP contribution in [-0.2, 0) is 26.2 Å². The van der Waals surface area contributed by atoms with Crippen molar-refractivity contribution in [3.05, 3.63) is 59.1 Å². The molecule has 0 radical (unpaired) electrons. The number of ether oxygens (including phenoxy) is 1. The summed E-state index contributed by atoms with van der Waals surface area (Å²) in [7, 11) is -2.34. The van der Waals surface area contributed by atoms with Gasteiger partial charge in [-0.2, -0.15) is 0 Å². The topological polar surface area (TPSA) is 96.0 Å². The molecule has 196 valence electrons. The predicted molar refractivity (Wildman–Crippen MR) is 142 cm³/mol. The monoisotopic (exact) mass is 535 g/mol. The third-order valence-corrected chi connectivity index (χ3v) is 7.95. The van der Waals surface area contributed by atoms with E-state index in [0.29, 0.717) is 22.0 Å².